The van der Waals surface area contributed by atoms with Crippen molar-refractivity contribution in [1.29, 1.82) is 0 Å². The van der Waals surface area contributed by atoms with Crippen molar-refractivity contribution >= 4 is 41.0 Å². The van der Waals surface area contributed by atoms with Crippen LogP contribution < -0.4 is 16.4 Å². The molecule has 9 nitrogen and oxygen atoms in total. The lowest BCUT2D eigenvalue weighted by atomic mass is 10.2. The summed E-state index contributed by atoms with van der Waals surface area (Å²) in [4.78, 5) is 44.6. The molecule has 184 valence electrons. The van der Waals surface area contributed by atoms with Crippen LogP contribution in [-0.4, -0.2) is 58.7 Å². The van der Waals surface area contributed by atoms with E-state index in [1.807, 2.05) is 41.3 Å². The first-order valence-corrected chi connectivity index (χ1v) is 11.6. The number of amides is 3. The summed E-state index contributed by atoms with van der Waals surface area (Å²) in [6.45, 7) is 1.65. The van der Waals surface area contributed by atoms with Crippen molar-refractivity contribution in [1.82, 2.24) is 14.8 Å². The fourth-order valence-electron chi connectivity index (χ4n) is 3.81. The number of imide groups is 1. The van der Waals surface area contributed by atoms with Gasteiger partial charge in [0, 0.05) is 31.9 Å². The Morgan fingerprint density at radius 1 is 0.972 bits per heavy atom. The van der Waals surface area contributed by atoms with Gasteiger partial charge in [-0.3, -0.25) is 24.2 Å². The summed E-state index contributed by atoms with van der Waals surface area (Å²) in [6.07, 6.45) is 4.68. The number of rotatable bonds is 9. The van der Waals surface area contributed by atoms with E-state index >= 15 is 0 Å². The van der Waals surface area contributed by atoms with Crippen molar-refractivity contribution in [3.8, 4) is 0 Å². The number of piperazine rings is 1. The molecule has 0 radical (unpaired) electrons. The number of carbonyl (C=O) groups is 3. The minimum Gasteiger partial charge on any atom is -0.397 e. The van der Waals surface area contributed by atoms with Crippen LogP contribution in [0.15, 0.2) is 79.0 Å². The molecule has 3 amide bonds. The molecule has 0 saturated carbocycles. The molecule has 4 rings (SSSR count). The number of aromatic nitrogens is 1. The standard InChI is InChI=1S/C27H28N6O3/c28-22-8-4-5-9-23(22)31-25(34)13-11-20-10-12-24(30-16-20)29-14-15-33-26(35)18-32(19-27(33)36)17-21-6-2-1-3-7-21/h1-13,16H,14-15,17-19,28H2,(H,29,30)(H,31,34)/b13-11-. The first kappa shape index (κ1) is 24.6. The molecule has 1 aromatic heterocycles. The maximum Gasteiger partial charge on any atom is 0.248 e. The van der Waals surface area contributed by atoms with Crippen LogP contribution in [-0.2, 0) is 20.9 Å². The second-order valence-electron chi connectivity index (χ2n) is 8.38. The number of pyridine rings is 1. The molecule has 36 heavy (non-hydrogen) atoms. The molecule has 0 unspecified atom stereocenters. The topological polar surface area (TPSA) is 121 Å². The zero-order valence-electron chi connectivity index (χ0n) is 19.8. The summed E-state index contributed by atoms with van der Waals surface area (Å²) in [5.74, 6) is -0.0921. The lowest BCUT2D eigenvalue weighted by Crippen LogP contribution is -2.54. The fraction of sp³-hybridized carbons (Fsp3) is 0.185. The molecule has 1 saturated heterocycles. The monoisotopic (exact) mass is 484 g/mol. The largest absolute Gasteiger partial charge is 0.397 e. The molecular formula is C27H28N6O3. The predicted octanol–water partition coefficient (Wildman–Crippen LogP) is 2.60. The summed E-state index contributed by atoms with van der Waals surface area (Å²) in [6, 6.07) is 20.4. The third kappa shape index (κ3) is 6.77. The third-order valence-corrected chi connectivity index (χ3v) is 5.64. The molecule has 0 bridgehead atoms. The van der Waals surface area contributed by atoms with Gasteiger partial charge in [-0.25, -0.2) is 4.98 Å². The number of hydrogen-bond donors (Lipinski definition) is 3. The molecule has 1 fully saturated rings. The summed E-state index contributed by atoms with van der Waals surface area (Å²) in [5, 5.41) is 5.85. The molecule has 1 aliphatic rings. The van der Waals surface area contributed by atoms with Crippen molar-refractivity contribution in [2.45, 2.75) is 6.54 Å². The Balaban J connectivity index is 1.22. The number of nitrogens with zero attached hydrogens (tertiary/aromatic N) is 3. The average molecular weight is 485 g/mol. The van der Waals surface area contributed by atoms with E-state index in [0.717, 1.165) is 11.1 Å². The lowest BCUT2D eigenvalue weighted by Gasteiger charge is -2.32. The van der Waals surface area contributed by atoms with Gasteiger partial charge < -0.3 is 16.4 Å². The molecular weight excluding hydrogens is 456 g/mol. The van der Waals surface area contributed by atoms with E-state index < -0.39 is 0 Å². The Morgan fingerprint density at radius 3 is 2.39 bits per heavy atom. The van der Waals surface area contributed by atoms with E-state index in [9.17, 15) is 14.4 Å². The Hall–Kier alpha value is -4.50. The molecule has 0 spiro atoms. The zero-order chi connectivity index (χ0) is 25.3. The summed E-state index contributed by atoms with van der Waals surface area (Å²) in [7, 11) is 0. The molecule has 2 aromatic carbocycles. The van der Waals surface area contributed by atoms with Gasteiger partial charge in [0.1, 0.15) is 5.82 Å². The number of carbonyl (C=O) groups excluding carboxylic acids is 3. The van der Waals surface area contributed by atoms with E-state index in [2.05, 4.69) is 15.6 Å². The van der Waals surface area contributed by atoms with E-state index in [1.54, 1.807) is 42.6 Å². The smallest absolute Gasteiger partial charge is 0.248 e. The van der Waals surface area contributed by atoms with Crippen LogP contribution in [0.25, 0.3) is 6.08 Å². The van der Waals surface area contributed by atoms with Crippen LogP contribution in [0.4, 0.5) is 17.2 Å². The molecule has 0 aliphatic carbocycles. The van der Waals surface area contributed by atoms with E-state index in [-0.39, 0.29) is 37.4 Å². The molecule has 0 atom stereocenters. The average Bonchev–Trinajstić information content (AvgIpc) is 2.87. The Morgan fingerprint density at radius 2 is 1.69 bits per heavy atom. The number of nitrogen functional groups attached to an aromatic ring is 1. The van der Waals surface area contributed by atoms with Gasteiger partial charge in [0.05, 0.1) is 24.5 Å². The SMILES string of the molecule is Nc1ccccc1NC(=O)/C=C\c1ccc(NCCN2C(=O)CN(Cc3ccccc3)CC2=O)nc1. The van der Waals surface area contributed by atoms with Crippen molar-refractivity contribution in [2.75, 3.05) is 42.5 Å². The number of hydrogen-bond acceptors (Lipinski definition) is 7. The van der Waals surface area contributed by atoms with Gasteiger partial charge in [-0.15, -0.1) is 0 Å². The van der Waals surface area contributed by atoms with Crippen molar-refractivity contribution < 1.29 is 14.4 Å². The second-order valence-corrected chi connectivity index (χ2v) is 8.38. The Bertz CT molecular complexity index is 1230. The Labute approximate surface area is 209 Å². The molecule has 4 N–H and O–H groups in total. The van der Waals surface area contributed by atoms with Gasteiger partial charge in [-0.05, 0) is 41.5 Å². The molecule has 9 heteroatoms. The third-order valence-electron chi connectivity index (χ3n) is 5.64. The summed E-state index contributed by atoms with van der Waals surface area (Å²) >= 11 is 0. The van der Waals surface area contributed by atoms with Crippen LogP contribution in [0.2, 0.25) is 0 Å². The molecule has 3 aromatic rings. The van der Waals surface area contributed by atoms with Crippen LogP contribution in [0.5, 0.6) is 0 Å². The lowest BCUT2D eigenvalue weighted by molar-refractivity contribution is -0.151. The van der Waals surface area contributed by atoms with Gasteiger partial charge in [0.15, 0.2) is 0 Å². The number of anilines is 3. The van der Waals surface area contributed by atoms with Crippen LogP contribution in [0.3, 0.4) is 0 Å². The second kappa shape index (κ2) is 11.8. The highest BCUT2D eigenvalue weighted by molar-refractivity contribution is 6.03. The first-order chi connectivity index (χ1) is 17.5. The van der Waals surface area contributed by atoms with Gasteiger partial charge in [-0.1, -0.05) is 42.5 Å². The number of nitrogens with one attached hydrogen (secondary N) is 2. The maximum absolute atomic E-state index is 12.5. The van der Waals surface area contributed by atoms with Crippen LogP contribution in [0.1, 0.15) is 11.1 Å². The number of benzene rings is 2. The summed E-state index contributed by atoms with van der Waals surface area (Å²) in [5.41, 5.74) is 8.70. The van der Waals surface area contributed by atoms with Crippen molar-refractivity contribution in [3.63, 3.8) is 0 Å². The normalized spacial score (nSPS) is 14.3. The van der Waals surface area contributed by atoms with E-state index in [4.69, 9.17) is 5.73 Å². The van der Waals surface area contributed by atoms with Gasteiger partial charge in [-0.2, -0.15) is 0 Å². The highest BCUT2D eigenvalue weighted by Crippen LogP contribution is 2.17. The van der Waals surface area contributed by atoms with Gasteiger partial charge in [0.2, 0.25) is 17.7 Å². The number of para-hydroxylation sites is 2. The minimum atomic E-state index is -0.298. The highest BCUT2D eigenvalue weighted by Gasteiger charge is 2.30. The predicted molar refractivity (Wildman–Crippen MR) is 140 cm³/mol. The maximum atomic E-state index is 12.5. The fourth-order valence-corrected chi connectivity index (χ4v) is 3.81. The molecule has 2 heterocycles. The van der Waals surface area contributed by atoms with Crippen molar-refractivity contribution in [3.05, 3.63) is 90.1 Å². The summed E-state index contributed by atoms with van der Waals surface area (Å²) < 4.78 is 0. The van der Waals surface area contributed by atoms with Gasteiger partial charge in [0.25, 0.3) is 0 Å². The number of nitrogens with two attached hydrogens (primary N) is 1. The Kier molecular flexibility index (Phi) is 8.05. The van der Waals surface area contributed by atoms with Gasteiger partial charge >= 0.3 is 0 Å². The van der Waals surface area contributed by atoms with Crippen molar-refractivity contribution in [2.24, 2.45) is 0 Å². The van der Waals surface area contributed by atoms with E-state index in [1.165, 1.54) is 11.0 Å². The molecule has 1 aliphatic heterocycles. The van der Waals surface area contributed by atoms with Crippen LogP contribution in [0, 0.1) is 0 Å². The van der Waals surface area contributed by atoms with E-state index in [0.29, 0.717) is 30.3 Å². The highest BCUT2D eigenvalue weighted by atomic mass is 16.2. The quantitative estimate of drug-likeness (QED) is 0.243. The minimum absolute atomic E-state index is 0.201. The van der Waals surface area contributed by atoms with Crippen LogP contribution >= 0.6 is 0 Å². The zero-order valence-corrected chi connectivity index (χ0v) is 19.8. The first-order valence-electron chi connectivity index (χ1n) is 11.6.